The first-order chi connectivity index (χ1) is 9.15. The average molecular weight is 259 g/mol. The normalized spacial score (nSPS) is 18.4. The van der Waals surface area contributed by atoms with Crippen LogP contribution in [0.2, 0.25) is 0 Å². The van der Waals surface area contributed by atoms with Crippen LogP contribution in [0.5, 0.6) is 0 Å². The summed E-state index contributed by atoms with van der Waals surface area (Å²) in [6.45, 7) is 1.12. The van der Waals surface area contributed by atoms with E-state index >= 15 is 0 Å². The highest BCUT2D eigenvalue weighted by molar-refractivity contribution is 5.57. The van der Waals surface area contributed by atoms with E-state index in [1.54, 1.807) is 4.90 Å². The van der Waals surface area contributed by atoms with Gasteiger partial charge in [-0.15, -0.1) is 0 Å². The Morgan fingerprint density at radius 3 is 3.00 bits per heavy atom. The van der Waals surface area contributed by atoms with Crippen molar-refractivity contribution in [2.75, 3.05) is 24.6 Å². The van der Waals surface area contributed by atoms with Crippen molar-refractivity contribution in [2.24, 2.45) is 0 Å². The Labute approximate surface area is 108 Å². The molecule has 0 amide bonds. The number of hydrogen-bond acceptors (Lipinski definition) is 7. The standard InChI is InChI=1S/C11H9N5O3/c12-4-8-3-9(16(17)18)6-14-11(8)15-1-2-19-10(5-13)7-15/h3,6,10H,1-2,7H2. The Balaban J connectivity index is 2.32. The molecule has 0 aromatic carbocycles. The molecule has 19 heavy (non-hydrogen) atoms. The lowest BCUT2D eigenvalue weighted by Crippen LogP contribution is -2.42. The summed E-state index contributed by atoms with van der Waals surface area (Å²) in [5.74, 6) is 0.344. The van der Waals surface area contributed by atoms with Gasteiger partial charge in [0.05, 0.1) is 24.1 Å². The smallest absolute Gasteiger partial charge is 0.289 e. The highest BCUT2D eigenvalue weighted by Gasteiger charge is 2.24. The summed E-state index contributed by atoms with van der Waals surface area (Å²) in [7, 11) is 0. The third-order valence-corrected chi connectivity index (χ3v) is 2.69. The third kappa shape index (κ3) is 2.59. The van der Waals surface area contributed by atoms with E-state index in [4.69, 9.17) is 15.3 Å². The number of rotatable bonds is 2. The summed E-state index contributed by atoms with van der Waals surface area (Å²) >= 11 is 0. The molecule has 0 aliphatic carbocycles. The van der Waals surface area contributed by atoms with E-state index in [9.17, 15) is 10.1 Å². The summed E-state index contributed by atoms with van der Waals surface area (Å²) in [4.78, 5) is 15.7. The Morgan fingerprint density at radius 2 is 2.37 bits per heavy atom. The Morgan fingerprint density at radius 1 is 1.58 bits per heavy atom. The number of anilines is 1. The van der Waals surface area contributed by atoms with E-state index < -0.39 is 11.0 Å². The van der Waals surface area contributed by atoms with Crippen LogP contribution in [0.3, 0.4) is 0 Å². The largest absolute Gasteiger partial charge is 0.360 e. The van der Waals surface area contributed by atoms with Crippen LogP contribution in [0.1, 0.15) is 5.56 Å². The van der Waals surface area contributed by atoms with Crippen LogP contribution in [0.4, 0.5) is 11.5 Å². The maximum atomic E-state index is 10.6. The predicted molar refractivity (Wildman–Crippen MR) is 63.2 cm³/mol. The van der Waals surface area contributed by atoms with Crippen LogP contribution >= 0.6 is 0 Å². The molecule has 1 unspecified atom stereocenters. The van der Waals surface area contributed by atoms with E-state index in [0.717, 1.165) is 6.20 Å². The molecule has 1 saturated heterocycles. The molecule has 1 aromatic heterocycles. The molecular formula is C11H9N5O3. The molecule has 0 saturated carbocycles. The molecule has 8 nitrogen and oxygen atoms in total. The first-order valence-electron chi connectivity index (χ1n) is 5.46. The number of ether oxygens (including phenoxy) is 1. The van der Waals surface area contributed by atoms with Crippen molar-refractivity contribution in [3.63, 3.8) is 0 Å². The van der Waals surface area contributed by atoms with Gasteiger partial charge in [-0.3, -0.25) is 10.1 Å². The lowest BCUT2D eigenvalue weighted by molar-refractivity contribution is -0.385. The first-order valence-corrected chi connectivity index (χ1v) is 5.46. The molecular weight excluding hydrogens is 250 g/mol. The van der Waals surface area contributed by atoms with Gasteiger partial charge in [0, 0.05) is 12.6 Å². The zero-order valence-corrected chi connectivity index (χ0v) is 9.81. The minimum atomic E-state index is -0.602. The lowest BCUT2D eigenvalue weighted by Gasteiger charge is -2.30. The van der Waals surface area contributed by atoms with E-state index in [2.05, 4.69) is 4.98 Å². The fourth-order valence-electron chi connectivity index (χ4n) is 1.80. The van der Waals surface area contributed by atoms with Gasteiger partial charge in [0.2, 0.25) is 0 Å². The van der Waals surface area contributed by atoms with E-state index in [1.807, 2.05) is 12.1 Å². The van der Waals surface area contributed by atoms with Crippen LogP contribution < -0.4 is 4.90 Å². The topological polar surface area (TPSA) is 116 Å². The summed E-state index contributed by atoms with van der Waals surface area (Å²) in [6, 6.07) is 5.06. The summed E-state index contributed by atoms with van der Waals surface area (Å²) in [5, 5.41) is 28.5. The van der Waals surface area contributed by atoms with Crippen molar-refractivity contribution in [2.45, 2.75) is 6.10 Å². The first kappa shape index (κ1) is 12.7. The molecule has 1 aromatic rings. The molecule has 8 heteroatoms. The molecule has 1 fully saturated rings. The van der Waals surface area contributed by atoms with Crippen LogP contribution in [-0.2, 0) is 4.74 Å². The van der Waals surface area contributed by atoms with E-state index in [1.165, 1.54) is 6.07 Å². The predicted octanol–water partition coefficient (Wildman–Crippen LogP) is 0.590. The molecule has 2 rings (SSSR count). The van der Waals surface area contributed by atoms with Gasteiger partial charge < -0.3 is 9.64 Å². The number of nitro groups is 1. The van der Waals surface area contributed by atoms with Gasteiger partial charge in [-0.1, -0.05) is 0 Å². The molecule has 2 heterocycles. The van der Waals surface area contributed by atoms with Crippen LogP contribution in [-0.4, -0.2) is 35.7 Å². The van der Waals surface area contributed by atoms with Gasteiger partial charge in [0.15, 0.2) is 6.10 Å². The molecule has 1 aliphatic rings. The highest BCUT2D eigenvalue weighted by atomic mass is 16.6. The molecule has 0 spiro atoms. The number of morpholine rings is 1. The van der Waals surface area contributed by atoms with E-state index in [0.29, 0.717) is 19.0 Å². The SMILES string of the molecule is N#Cc1cc([N+](=O)[O-])cnc1N1CCOC(C#N)C1. The highest BCUT2D eigenvalue weighted by Crippen LogP contribution is 2.23. The van der Waals surface area contributed by atoms with Gasteiger partial charge in [-0.05, 0) is 0 Å². The van der Waals surface area contributed by atoms with Crippen LogP contribution in [0.15, 0.2) is 12.3 Å². The van der Waals surface area contributed by atoms with Crippen LogP contribution in [0, 0.1) is 32.8 Å². The van der Waals surface area contributed by atoms with Crippen molar-refractivity contribution in [3.05, 3.63) is 27.9 Å². The maximum Gasteiger partial charge on any atom is 0.289 e. The van der Waals surface area contributed by atoms with Crippen molar-refractivity contribution in [1.82, 2.24) is 4.98 Å². The monoisotopic (exact) mass is 259 g/mol. The van der Waals surface area contributed by atoms with Gasteiger partial charge in [-0.2, -0.15) is 10.5 Å². The molecule has 96 valence electrons. The zero-order chi connectivity index (χ0) is 13.8. The number of nitrogens with zero attached hydrogens (tertiary/aromatic N) is 5. The Hall–Kier alpha value is -2.71. The molecule has 0 bridgehead atoms. The Kier molecular flexibility index (Phi) is 3.55. The minimum absolute atomic E-state index is 0.118. The average Bonchev–Trinajstić information content (AvgIpc) is 2.46. The lowest BCUT2D eigenvalue weighted by atomic mass is 10.2. The van der Waals surface area contributed by atoms with Crippen molar-refractivity contribution >= 4 is 11.5 Å². The van der Waals surface area contributed by atoms with Gasteiger partial charge in [0.25, 0.3) is 5.69 Å². The van der Waals surface area contributed by atoms with Gasteiger partial charge >= 0.3 is 0 Å². The molecule has 1 aliphatic heterocycles. The third-order valence-electron chi connectivity index (χ3n) is 2.69. The molecule has 0 radical (unpaired) electrons. The fourth-order valence-corrected chi connectivity index (χ4v) is 1.80. The minimum Gasteiger partial charge on any atom is -0.360 e. The summed E-state index contributed by atoms with van der Waals surface area (Å²) in [6.07, 6.45) is 0.518. The summed E-state index contributed by atoms with van der Waals surface area (Å²) < 4.78 is 5.19. The molecule has 0 N–H and O–H groups in total. The van der Waals surface area contributed by atoms with Gasteiger partial charge in [-0.25, -0.2) is 4.98 Å². The quantitative estimate of drug-likeness (QED) is 0.563. The van der Waals surface area contributed by atoms with E-state index in [-0.39, 0.29) is 17.8 Å². The van der Waals surface area contributed by atoms with Crippen LogP contribution in [0.25, 0.3) is 0 Å². The maximum absolute atomic E-state index is 10.6. The van der Waals surface area contributed by atoms with Gasteiger partial charge in [0.1, 0.15) is 23.6 Å². The Bertz CT molecular complexity index is 589. The zero-order valence-electron chi connectivity index (χ0n) is 9.81. The second-order valence-corrected chi connectivity index (χ2v) is 3.87. The number of aromatic nitrogens is 1. The second-order valence-electron chi connectivity index (χ2n) is 3.87. The summed E-state index contributed by atoms with van der Waals surface area (Å²) in [5.41, 5.74) is -0.113. The number of pyridine rings is 1. The van der Waals surface area contributed by atoms with Crippen molar-refractivity contribution in [3.8, 4) is 12.1 Å². The number of hydrogen-bond donors (Lipinski definition) is 0. The second kappa shape index (κ2) is 5.29. The fraction of sp³-hybridized carbons (Fsp3) is 0.364. The number of nitriles is 2. The molecule has 1 atom stereocenters. The van der Waals surface area contributed by atoms with Crippen molar-refractivity contribution < 1.29 is 9.66 Å². The van der Waals surface area contributed by atoms with Crippen molar-refractivity contribution in [1.29, 1.82) is 10.5 Å².